The van der Waals surface area contributed by atoms with E-state index in [0.717, 1.165) is 109 Å². The van der Waals surface area contributed by atoms with E-state index in [0.29, 0.717) is 25.7 Å². The second-order valence-electron chi connectivity index (χ2n) is 22.6. The van der Waals surface area contributed by atoms with Crippen molar-refractivity contribution in [2.45, 2.75) is 323 Å². The standard InChI is InChI=1S/C61H118O17P2/c1-6-9-12-15-17-26-31-35-40-45-59(64)72-51-57(78-61(66)47-42-37-32-28-25-23-21-19-20-22-24-27-29-34-38-43-54(4)5)53-76-80(69,70)74-49-55(62)48-73-79(67,68)75-52-56(50-71-58(63)44-39-33-14-11-8-3)77-60(65)46-41-36-30-18-16-13-10-7-2/h54-57,62H,6-53H2,1-5H3,(H,67,68)(H,69,70)/t55-,56+,57+/m0/s1. The Morgan fingerprint density at radius 1 is 0.338 bits per heavy atom. The van der Waals surface area contributed by atoms with Crippen molar-refractivity contribution in [3.63, 3.8) is 0 Å². The fraction of sp³-hybridized carbons (Fsp3) is 0.934. The number of carbonyl (C=O) groups excluding carboxylic acids is 4. The van der Waals surface area contributed by atoms with Crippen LogP contribution in [0.3, 0.4) is 0 Å². The zero-order chi connectivity index (χ0) is 59.2. The molecule has 0 rings (SSSR count). The molecule has 474 valence electrons. The number of ether oxygens (including phenoxy) is 4. The molecule has 0 aliphatic rings. The minimum absolute atomic E-state index is 0.104. The Bertz CT molecular complexity index is 1570. The molecule has 0 heterocycles. The van der Waals surface area contributed by atoms with Crippen molar-refractivity contribution in [2.24, 2.45) is 5.92 Å². The third kappa shape index (κ3) is 55.3. The Morgan fingerprint density at radius 3 is 0.850 bits per heavy atom. The summed E-state index contributed by atoms with van der Waals surface area (Å²) < 4.78 is 67.6. The van der Waals surface area contributed by atoms with Gasteiger partial charge in [0.25, 0.3) is 0 Å². The third-order valence-electron chi connectivity index (χ3n) is 14.0. The molecule has 0 aromatic rings. The van der Waals surface area contributed by atoms with E-state index in [1.807, 2.05) is 0 Å². The number of aliphatic hydroxyl groups is 1. The van der Waals surface area contributed by atoms with Crippen LogP contribution in [0.2, 0.25) is 0 Å². The van der Waals surface area contributed by atoms with Gasteiger partial charge in [-0.05, 0) is 31.6 Å². The van der Waals surface area contributed by atoms with E-state index < -0.39 is 97.5 Å². The van der Waals surface area contributed by atoms with Gasteiger partial charge in [-0.1, -0.05) is 253 Å². The Labute approximate surface area is 486 Å². The van der Waals surface area contributed by atoms with E-state index in [4.69, 9.17) is 37.0 Å². The summed E-state index contributed by atoms with van der Waals surface area (Å²) in [7, 11) is -9.86. The zero-order valence-corrected chi connectivity index (χ0v) is 53.0. The summed E-state index contributed by atoms with van der Waals surface area (Å²) in [6.07, 6.45) is 38.0. The van der Waals surface area contributed by atoms with E-state index in [1.54, 1.807) is 0 Å². The Balaban J connectivity index is 5.10. The van der Waals surface area contributed by atoms with E-state index >= 15 is 0 Å². The van der Waals surface area contributed by atoms with Gasteiger partial charge >= 0.3 is 39.5 Å². The monoisotopic (exact) mass is 1180 g/mol. The van der Waals surface area contributed by atoms with E-state index in [9.17, 15) is 43.2 Å². The molecule has 2 unspecified atom stereocenters. The normalized spacial score (nSPS) is 14.3. The maximum absolute atomic E-state index is 12.9. The molecule has 0 spiro atoms. The number of hydrogen-bond acceptors (Lipinski definition) is 15. The van der Waals surface area contributed by atoms with Gasteiger partial charge in [-0.2, -0.15) is 0 Å². The van der Waals surface area contributed by atoms with Crippen molar-refractivity contribution >= 4 is 39.5 Å². The van der Waals surface area contributed by atoms with Gasteiger partial charge in [0.2, 0.25) is 0 Å². The van der Waals surface area contributed by atoms with Gasteiger partial charge in [0, 0.05) is 25.7 Å². The van der Waals surface area contributed by atoms with Gasteiger partial charge in [0.05, 0.1) is 26.4 Å². The van der Waals surface area contributed by atoms with Gasteiger partial charge < -0.3 is 33.8 Å². The lowest BCUT2D eigenvalue weighted by molar-refractivity contribution is -0.161. The molecular formula is C61H118O17P2. The molecule has 0 aliphatic carbocycles. The SMILES string of the molecule is CCCCCCCCCCCC(=O)OC[C@H](COP(=O)(O)OC[C@@H](O)COP(=O)(O)OC[C@@H](COC(=O)CCCCCCC)OC(=O)CCCCCCCCCC)OC(=O)CCCCCCCCCCCCCCCCCC(C)C. The third-order valence-corrected chi connectivity index (χ3v) is 15.9. The van der Waals surface area contributed by atoms with Gasteiger partial charge in [-0.15, -0.1) is 0 Å². The fourth-order valence-corrected chi connectivity index (χ4v) is 10.6. The maximum atomic E-state index is 12.9. The van der Waals surface area contributed by atoms with Crippen LogP contribution in [0.1, 0.15) is 304 Å². The summed E-state index contributed by atoms with van der Waals surface area (Å²) in [6.45, 7) is 7.07. The highest BCUT2D eigenvalue weighted by Crippen LogP contribution is 2.45. The summed E-state index contributed by atoms with van der Waals surface area (Å²) in [5.74, 6) is -1.35. The molecule has 17 nitrogen and oxygen atoms in total. The number of unbranched alkanes of at least 4 members (excludes halogenated alkanes) is 33. The van der Waals surface area contributed by atoms with Crippen LogP contribution in [-0.2, 0) is 65.4 Å². The van der Waals surface area contributed by atoms with E-state index in [1.165, 1.54) is 116 Å². The van der Waals surface area contributed by atoms with Crippen molar-refractivity contribution < 1.29 is 80.2 Å². The zero-order valence-electron chi connectivity index (χ0n) is 51.2. The number of carbonyl (C=O) groups is 4. The minimum atomic E-state index is -4.94. The first-order valence-electron chi connectivity index (χ1n) is 32.1. The highest BCUT2D eigenvalue weighted by Gasteiger charge is 2.30. The molecule has 0 aliphatic heterocycles. The van der Waals surface area contributed by atoms with Crippen molar-refractivity contribution in [2.75, 3.05) is 39.6 Å². The molecule has 0 aromatic heterocycles. The molecule has 0 saturated heterocycles. The fourth-order valence-electron chi connectivity index (χ4n) is 9.05. The lowest BCUT2D eigenvalue weighted by Crippen LogP contribution is -2.30. The lowest BCUT2D eigenvalue weighted by atomic mass is 10.0. The molecule has 0 radical (unpaired) electrons. The second kappa shape index (κ2) is 55.0. The number of phosphoric ester groups is 2. The second-order valence-corrected chi connectivity index (χ2v) is 25.5. The van der Waals surface area contributed by atoms with Crippen LogP contribution >= 0.6 is 15.6 Å². The number of hydrogen-bond donors (Lipinski definition) is 3. The average molecular weight is 1190 g/mol. The Morgan fingerprint density at radius 2 is 0.575 bits per heavy atom. The van der Waals surface area contributed by atoms with Crippen molar-refractivity contribution in [3.05, 3.63) is 0 Å². The molecular weight excluding hydrogens is 1070 g/mol. The first kappa shape index (κ1) is 78.1. The van der Waals surface area contributed by atoms with E-state index in [2.05, 4.69) is 34.6 Å². The van der Waals surface area contributed by atoms with Gasteiger partial charge in [-0.3, -0.25) is 37.3 Å². The molecule has 0 fully saturated rings. The summed E-state index contributed by atoms with van der Waals surface area (Å²) in [4.78, 5) is 71.7. The first-order chi connectivity index (χ1) is 38.5. The van der Waals surface area contributed by atoms with Crippen LogP contribution in [0.25, 0.3) is 0 Å². The highest BCUT2D eigenvalue weighted by molar-refractivity contribution is 7.47. The molecule has 0 aromatic carbocycles. The molecule has 0 saturated carbocycles. The highest BCUT2D eigenvalue weighted by atomic mass is 31.2. The summed E-state index contributed by atoms with van der Waals surface area (Å²) in [5.41, 5.74) is 0. The number of phosphoric acid groups is 2. The summed E-state index contributed by atoms with van der Waals surface area (Å²) >= 11 is 0. The lowest BCUT2D eigenvalue weighted by Gasteiger charge is -2.21. The Kier molecular flexibility index (Phi) is 53.6. The minimum Gasteiger partial charge on any atom is -0.462 e. The van der Waals surface area contributed by atoms with Crippen LogP contribution in [0.5, 0.6) is 0 Å². The van der Waals surface area contributed by atoms with Crippen LogP contribution in [0.4, 0.5) is 0 Å². The maximum Gasteiger partial charge on any atom is 0.472 e. The quantitative estimate of drug-likeness (QED) is 0.0222. The largest absolute Gasteiger partial charge is 0.472 e. The number of aliphatic hydroxyl groups excluding tert-OH is 1. The molecule has 0 bridgehead atoms. The molecule has 5 atom stereocenters. The average Bonchev–Trinajstić information content (AvgIpc) is 3.42. The van der Waals surface area contributed by atoms with Gasteiger partial charge in [-0.25, -0.2) is 9.13 Å². The van der Waals surface area contributed by atoms with Gasteiger partial charge in [0.15, 0.2) is 12.2 Å². The van der Waals surface area contributed by atoms with Crippen LogP contribution < -0.4 is 0 Å². The topological polar surface area (TPSA) is 237 Å². The first-order valence-corrected chi connectivity index (χ1v) is 35.1. The number of esters is 4. The smallest absolute Gasteiger partial charge is 0.462 e. The summed E-state index contributed by atoms with van der Waals surface area (Å²) in [6, 6.07) is 0. The van der Waals surface area contributed by atoms with Crippen molar-refractivity contribution in [1.82, 2.24) is 0 Å². The molecule has 80 heavy (non-hydrogen) atoms. The van der Waals surface area contributed by atoms with Crippen molar-refractivity contribution in [3.8, 4) is 0 Å². The number of rotatable bonds is 61. The van der Waals surface area contributed by atoms with Crippen LogP contribution in [0.15, 0.2) is 0 Å². The molecule has 3 N–H and O–H groups in total. The predicted octanol–water partition coefficient (Wildman–Crippen LogP) is 16.6. The summed E-state index contributed by atoms with van der Waals surface area (Å²) in [5, 5.41) is 10.5. The van der Waals surface area contributed by atoms with E-state index in [-0.39, 0.29) is 25.7 Å². The van der Waals surface area contributed by atoms with Crippen LogP contribution in [-0.4, -0.2) is 96.7 Å². The molecule has 0 amide bonds. The predicted molar refractivity (Wildman–Crippen MR) is 317 cm³/mol. The van der Waals surface area contributed by atoms with Gasteiger partial charge in [0.1, 0.15) is 19.3 Å². The van der Waals surface area contributed by atoms with Crippen LogP contribution in [0, 0.1) is 5.92 Å². The molecule has 19 heteroatoms. The Hall–Kier alpha value is -1.94. The van der Waals surface area contributed by atoms with Crippen molar-refractivity contribution in [1.29, 1.82) is 0 Å².